The maximum absolute atomic E-state index is 14.1. The van der Waals surface area contributed by atoms with Gasteiger partial charge in [-0.15, -0.1) is 0 Å². The van der Waals surface area contributed by atoms with Gasteiger partial charge in [0.1, 0.15) is 11.6 Å². The second-order valence-electron chi connectivity index (χ2n) is 5.69. The molecule has 0 unspecified atom stereocenters. The highest BCUT2D eigenvalue weighted by atomic mass is 19.1. The Morgan fingerprint density at radius 3 is 2.68 bits per heavy atom. The fourth-order valence-electron chi connectivity index (χ4n) is 2.92. The van der Waals surface area contributed by atoms with Crippen LogP contribution < -0.4 is 5.32 Å². The van der Waals surface area contributed by atoms with Crippen molar-refractivity contribution >= 4 is 0 Å². The lowest BCUT2D eigenvalue weighted by atomic mass is 9.98. The zero-order valence-corrected chi connectivity index (χ0v) is 11.1. The molecule has 1 saturated carbocycles. The van der Waals surface area contributed by atoms with Crippen molar-refractivity contribution in [3.63, 3.8) is 0 Å². The molecule has 0 radical (unpaired) electrons. The fourth-order valence-corrected chi connectivity index (χ4v) is 2.92. The molecule has 1 heterocycles. The molecular weight excluding hydrogens is 243 g/mol. The van der Waals surface area contributed by atoms with Crippen LogP contribution in [0.3, 0.4) is 0 Å². The van der Waals surface area contributed by atoms with Crippen LogP contribution in [0.1, 0.15) is 30.9 Å². The average molecular weight is 264 g/mol. The topological polar surface area (TPSA) is 35.5 Å². The summed E-state index contributed by atoms with van der Waals surface area (Å²) in [6.45, 7) is 3.89. The van der Waals surface area contributed by atoms with Crippen molar-refractivity contribution in [1.82, 2.24) is 10.2 Å². The molecule has 1 atom stereocenters. The highest BCUT2D eigenvalue weighted by molar-refractivity contribution is 5.30. The van der Waals surface area contributed by atoms with E-state index < -0.39 is 0 Å². The molecule has 104 valence electrons. The van der Waals surface area contributed by atoms with E-state index in [0.29, 0.717) is 0 Å². The quantitative estimate of drug-likeness (QED) is 0.875. The lowest BCUT2D eigenvalue weighted by Crippen LogP contribution is -2.45. The van der Waals surface area contributed by atoms with Crippen molar-refractivity contribution in [2.75, 3.05) is 26.2 Å². The van der Waals surface area contributed by atoms with Gasteiger partial charge >= 0.3 is 0 Å². The second-order valence-corrected chi connectivity index (χ2v) is 5.69. The number of phenols is 1. The number of hydrogen-bond acceptors (Lipinski definition) is 3. The first-order chi connectivity index (χ1) is 9.24. The molecule has 3 rings (SSSR count). The van der Waals surface area contributed by atoms with Crippen LogP contribution in [0.15, 0.2) is 18.2 Å². The Morgan fingerprint density at radius 2 is 2.05 bits per heavy atom. The highest BCUT2D eigenvalue weighted by Gasteiger charge is 2.31. The van der Waals surface area contributed by atoms with Crippen molar-refractivity contribution in [3.8, 4) is 5.75 Å². The number of rotatable bonds is 4. The smallest absolute Gasteiger partial charge is 0.131 e. The maximum Gasteiger partial charge on any atom is 0.131 e. The molecular formula is C15H21FN2O. The third kappa shape index (κ3) is 3.07. The summed E-state index contributed by atoms with van der Waals surface area (Å²) in [6, 6.07) is 4.74. The predicted molar refractivity (Wildman–Crippen MR) is 72.6 cm³/mol. The third-order valence-corrected chi connectivity index (χ3v) is 4.19. The number of hydrogen-bond donors (Lipinski definition) is 2. The number of aromatic hydroxyl groups is 1. The molecule has 3 nitrogen and oxygen atoms in total. The molecule has 0 aromatic heterocycles. The van der Waals surface area contributed by atoms with Gasteiger partial charge in [-0.3, -0.25) is 4.90 Å². The number of halogens is 1. The van der Waals surface area contributed by atoms with Gasteiger partial charge in [0.25, 0.3) is 0 Å². The summed E-state index contributed by atoms with van der Waals surface area (Å²) in [7, 11) is 0. The van der Waals surface area contributed by atoms with Crippen LogP contribution in [-0.4, -0.2) is 36.2 Å². The van der Waals surface area contributed by atoms with Crippen LogP contribution in [0.5, 0.6) is 5.75 Å². The van der Waals surface area contributed by atoms with Crippen LogP contribution in [0, 0.1) is 11.7 Å². The normalized spacial score (nSPS) is 22.4. The summed E-state index contributed by atoms with van der Waals surface area (Å²) in [5, 5.41) is 12.7. The molecule has 4 heteroatoms. The summed E-state index contributed by atoms with van der Waals surface area (Å²) in [5.41, 5.74) is 0.742. The van der Waals surface area contributed by atoms with Crippen LogP contribution in [0.25, 0.3) is 0 Å². The van der Waals surface area contributed by atoms with Crippen molar-refractivity contribution < 1.29 is 9.50 Å². The van der Waals surface area contributed by atoms with Gasteiger partial charge in [0.2, 0.25) is 0 Å². The van der Waals surface area contributed by atoms with E-state index >= 15 is 0 Å². The molecule has 2 fully saturated rings. The zero-order chi connectivity index (χ0) is 13.2. The molecule has 19 heavy (non-hydrogen) atoms. The largest absolute Gasteiger partial charge is 0.508 e. The van der Waals surface area contributed by atoms with Crippen LogP contribution in [0.4, 0.5) is 4.39 Å². The molecule has 0 spiro atoms. The number of benzene rings is 1. The van der Waals surface area contributed by atoms with Crippen LogP contribution >= 0.6 is 0 Å². The Labute approximate surface area is 113 Å². The van der Waals surface area contributed by atoms with Gasteiger partial charge < -0.3 is 10.4 Å². The number of nitrogens with zero attached hydrogens (tertiary/aromatic N) is 1. The summed E-state index contributed by atoms with van der Waals surface area (Å²) in [4.78, 5) is 2.38. The molecule has 1 aromatic carbocycles. The standard InChI is InChI=1S/C15H21FN2O/c16-14-10-12(19)3-4-13(14)15(9-11-1-2-11)18-7-5-17-6-8-18/h3-4,10-11,15,17,19H,1-2,5-9H2/t15-/m0/s1. The number of phenolic OH excluding ortho intramolecular Hbond substituents is 1. The molecule has 1 aromatic rings. The highest BCUT2D eigenvalue weighted by Crippen LogP contribution is 2.41. The van der Waals surface area contributed by atoms with Crippen molar-refractivity contribution in [2.45, 2.75) is 25.3 Å². The Kier molecular flexibility index (Phi) is 3.71. The maximum atomic E-state index is 14.1. The first-order valence-electron chi connectivity index (χ1n) is 7.17. The minimum absolute atomic E-state index is 0.00623. The molecule has 0 bridgehead atoms. The van der Waals surface area contributed by atoms with E-state index in [1.807, 2.05) is 0 Å². The Hall–Kier alpha value is -1.13. The summed E-state index contributed by atoms with van der Waals surface area (Å²) >= 11 is 0. The second kappa shape index (κ2) is 5.47. The molecule has 0 amide bonds. The zero-order valence-electron chi connectivity index (χ0n) is 11.1. The molecule has 1 aliphatic carbocycles. The van der Waals surface area contributed by atoms with Crippen molar-refractivity contribution in [3.05, 3.63) is 29.6 Å². The Morgan fingerprint density at radius 1 is 1.32 bits per heavy atom. The average Bonchev–Trinajstić information content (AvgIpc) is 3.22. The van der Waals surface area contributed by atoms with Gasteiger partial charge in [-0.05, 0) is 18.4 Å². The molecule has 2 aliphatic rings. The SMILES string of the molecule is Oc1ccc([C@H](CC2CC2)N2CCNCC2)c(F)c1. The fraction of sp³-hybridized carbons (Fsp3) is 0.600. The van der Waals surface area contributed by atoms with E-state index in [2.05, 4.69) is 10.2 Å². The lowest BCUT2D eigenvalue weighted by Gasteiger charge is -2.35. The van der Waals surface area contributed by atoms with Gasteiger partial charge in [0, 0.05) is 43.9 Å². The van der Waals surface area contributed by atoms with Gasteiger partial charge in [-0.2, -0.15) is 0 Å². The van der Waals surface area contributed by atoms with E-state index in [-0.39, 0.29) is 17.6 Å². The summed E-state index contributed by atoms with van der Waals surface area (Å²) < 4.78 is 14.1. The monoisotopic (exact) mass is 264 g/mol. The van der Waals surface area contributed by atoms with E-state index in [9.17, 15) is 9.50 Å². The lowest BCUT2D eigenvalue weighted by molar-refractivity contribution is 0.157. The van der Waals surface area contributed by atoms with E-state index in [0.717, 1.165) is 44.1 Å². The van der Waals surface area contributed by atoms with Gasteiger partial charge in [-0.1, -0.05) is 18.9 Å². The third-order valence-electron chi connectivity index (χ3n) is 4.19. The van der Waals surface area contributed by atoms with E-state index in [4.69, 9.17) is 0 Å². The van der Waals surface area contributed by atoms with Crippen LogP contribution in [-0.2, 0) is 0 Å². The minimum atomic E-state index is -0.274. The van der Waals surface area contributed by atoms with Gasteiger partial charge in [0.15, 0.2) is 0 Å². The van der Waals surface area contributed by atoms with E-state index in [1.165, 1.54) is 18.9 Å². The minimum Gasteiger partial charge on any atom is -0.508 e. The predicted octanol–water partition coefficient (Wildman–Crippen LogP) is 2.28. The molecule has 2 N–H and O–H groups in total. The van der Waals surface area contributed by atoms with Gasteiger partial charge in [-0.25, -0.2) is 4.39 Å². The van der Waals surface area contributed by atoms with Crippen molar-refractivity contribution in [2.24, 2.45) is 5.92 Å². The van der Waals surface area contributed by atoms with E-state index in [1.54, 1.807) is 12.1 Å². The number of nitrogens with one attached hydrogen (secondary N) is 1. The van der Waals surface area contributed by atoms with Crippen LogP contribution in [0.2, 0.25) is 0 Å². The molecule has 1 saturated heterocycles. The summed E-state index contributed by atoms with van der Waals surface area (Å²) in [5.74, 6) is 0.490. The molecule has 1 aliphatic heterocycles. The first kappa shape index (κ1) is 12.9. The number of piperazine rings is 1. The Bertz CT molecular complexity index is 442. The first-order valence-corrected chi connectivity index (χ1v) is 7.17. The van der Waals surface area contributed by atoms with Gasteiger partial charge in [0.05, 0.1) is 0 Å². The van der Waals surface area contributed by atoms with Crippen molar-refractivity contribution in [1.29, 1.82) is 0 Å². The Balaban J connectivity index is 1.83. The summed E-state index contributed by atoms with van der Waals surface area (Å²) in [6.07, 6.45) is 3.60.